The van der Waals surface area contributed by atoms with Crippen LogP contribution in [0.3, 0.4) is 0 Å². The number of anilines is 1. The number of halogens is 2. The summed E-state index contributed by atoms with van der Waals surface area (Å²) in [4.78, 5) is 24.6. The molecule has 1 aliphatic heterocycles. The van der Waals surface area contributed by atoms with Gasteiger partial charge in [0.25, 0.3) is 6.08 Å². The van der Waals surface area contributed by atoms with Gasteiger partial charge in [0.15, 0.2) is 0 Å². The number of nitrogens with zero attached hydrogens (tertiary/aromatic N) is 3. The van der Waals surface area contributed by atoms with Gasteiger partial charge in [0, 0.05) is 24.2 Å². The number of nitrogens with two attached hydrogens (primary N) is 1. The maximum absolute atomic E-state index is 13.0. The maximum Gasteiger partial charge on any atom is 0.350 e. The third-order valence-corrected chi connectivity index (χ3v) is 5.77. The van der Waals surface area contributed by atoms with Crippen LogP contribution in [0.4, 0.5) is 14.5 Å². The molecule has 0 saturated carbocycles. The fraction of sp³-hybridized carbons (Fsp3) is 0.261. The van der Waals surface area contributed by atoms with Crippen molar-refractivity contribution in [2.45, 2.75) is 33.2 Å². The molecular weight excluding hydrogens is 416 g/mol. The first-order valence-corrected chi connectivity index (χ1v) is 10.2. The fourth-order valence-corrected chi connectivity index (χ4v) is 4.03. The summed E-state index contributed by atoms with van der Waals surface area (Å²) >= 11 is 0. The van der Waals surface area contributed by atoms with E-state index < -0.39 is 11.8 Å². The number of amides is 1. The molecule has 0 unspecified atom stereocenters. The third-order valence-electron chi connectivity index (χ3n) is 5.77. The maximum atomic E-state index is 13.0. The van der Waals surface area contributed by atoms with Gasteiger partial charge >= 0.3 is 5.69 Å². The van der Waals surface area contributed by atoms with Crippen LogP contribution in [-0.4, -0.2) is 26.8 Å². The van der Waals surface area contributed by atoms with Crippen molar-refractivity contribution >= 4 is 11.6 Å². The summed E-state index contributed by atoms with van der Waals surface area (Å²) < 4.78 is 28.2. The quantitative estimate of drug-likeness (QED) is 0.638. The first kappa shape index (κ1) is 21.6. The first-order chi connectivity index (χ1) is 15.3. The summed E-state index contributed by atoms with van der Waals surface area (Å²) in [5.74, 6) is 0.0168. The number of nitrogens with one attached hydrogen (secondary N) is 1. The van der Waals surface area contributed by atoms with Gasteiger partial charge in [-0.1, -0.05) is 12.1 Å². The van der Waals surface area contributed by atoms with Crippen molar-refractivity contribution in [1.82, 2.24) is 14.3 Å². The predicted molar refractivity (Wildman–Crippen MR) is 118 cm³/mol. The van der Waals surface area contributed by atoms with Gasteiger partial charge in [-0.3, -0.25) is 4.79 Å². The number of carbonyl (C=O) groups is 1. The fourth-order valence-electron chi connectivity index (χ4n) is 4.03. The molecule has 0 aliphatic carbocycles. The van der Waals surface area contributed by atoms with E-state index in [1.807, 2.05) is 32.0 Å². The number of aromatic nitrogens is 3. The lowest BCUT2D eigenvalue weighted by atomic mass is 9.91. The summed E-state index contributed by atoms with van der Waals surface area (Å²) in [6.07, 6.45) is 0.545. The minimum absolute atomic E-state index is 0.0168. The van der Waals surface area contributed by atoms with Crippen LogP contribution in [0.2, 0.25) is 0 Å². The number of rotatable bonds is 5. The van der Waals surface area contributed by atoms with Crippen LogP contribution in [-0.2, 0) is 17.8 Å². The van der Waals surface area contributed by atoms with Gasteiger partial charge < -0.3 is 11.1 Å². The highest BCUT2D eigenvalue weighted by Crippen LogP contribution is 2.34. The Labute approximate surface area is 183 Å². The molecule has 7 nitrogen and oxygen atoms in total. The summed E-state index contributed by atoms with van der Waals surface area (Å²) in [7, 11) is 0. The molecule has 2 heterocycles. The van der Waals surface area contributed by atoms with Crippen LogP contribution >= 0.6 is 0 Å². The molecule has 3 aromatic rings. The second-order valence-electron chi connectivity index (χ2n) is 7.83. The minimum Gasteiger partial charge on any atom is -0.327 e. The Bertz CT molecular complexity index is 1300. The second-order valence-corrected chi connectivity index (χ2v) is 7.83. The highest BCUT2D eigenvalue weighted by molar-refractivity contribution is 5.95. The highest BCUT2D eigenvalue weighted by Gasteiger charge is 2.19. The van der Waals surface area contributed by atoms with Crippen molar-refractivity contribution in [3.05, 3.63) is 75.5 Å². The largest absolute Gasteiger partial charge is 0.350 e. The molecule has 32 heavy (non-hydrogen) atoms. The highest BCUT2D eigenvalue weighted by atomic mass is 19.3. The van der Waals surface area contributed by atoms with Crippen molar-refractivity contribution in [1.29, 1.82) is 0 Å². The topological polar surface area (TPSA) is 94.9 Å². The Kier molecular flexibility index (Phi) is 5.75. The summed E-state index contributed by atoms with van der Waals surface area (Å²) in [5.41, 5.74) is 10.8. The number of carbonyl (C=O) groups excluding carboxylic acids is 1. The van der Waals surface area contributed by atoms with Crippen molar-refractivity contribution in [3.8, 4) is 16.8 Å². The van der Waals surface area contributed by atoms with E-state index in [9.17, 15) is 18.4 Å². The predicted octanol–water partition coefficient (Wildman–Crippen LogP) is 3.31. The number of aryl methyl sites for hydroxylation is 2. The molecule has 0 atom stereocenters. The lowest BCUT2D eigenvalue weighted by Gasteiger charge is -2.21. The number of hydrogen-bond acceptors (Lipinski definition) is 4. The van der Waals surface area contributed by atoms with Crippen molar-refractivity contribution in [2.75, 3.05) is 11.9 Å². The zero-order valence-corrected chi connectivity index (χ0v) is 17.8. The normalized spacial score (nSPS) is 13.0. The molecule has 3 N–H and O–H groups in total. The van der Waals surface area contributed by atoms with Gasteiger partial charge in [0.1, 0.15) is 6.33 Å². The molecule has 0 spiro atoms. The Balaban J connectivity index is 1.75. The van der Waals surface area contributed by atoms with E-state index in [-0.39, 0.29) is 24.6 Å². The molecular formula is C23H23F2N5O2. The number of hydrogen-bond donors (Lipinski definition) is 2. The van der Waals surface area contributed by atoms with Crippen LogP contribution in [0.25, 0.3) is 16.8 Å². The molecule has 1 aliphatic rings. The first-order valence-electron chi connectivity index (χ1n) is 10.2. The van der Waals surface area contributed by atoms with Crippen LogP contribution < -0.4 is 16.7 Å². The Morgan fingerprint density at radius 3 is 2.69 bits per heavy atom. The van der Waals surface area contributed by atoms with Gasteiger partial charge in [0.05, 0.1) is 12.2 Å². The Morgan fingerprint density at radius 2 is 1.97 bits per heavy atom. The molecule has 2 aromatic carbocycles. The molecule has 1 amide bonds. The smallest absolute Gasteiger partial charge is 0.327 e. The van der Waals surface area contributed by atoms with E-state index >= 15 is 0 Å². The van der Waals surface area contributed by atoms with E-state index in [1.165, 1.54) is 10.9 Å². The second kappa shape index (κ2) is 8.51. The van der Waals surface area contributed by atoms with Crippen LogP contribution in [0.5, 0.6) is 0 Å². The molecule has 1 aromatic heterocycles. The van der Waals surface area contributed by atoms with Crippen molar-refractivity contribution in [3.63, 3.8) is 0 Å². The molecule has 0 bridgehead atoms. The van der Waals surface area contributed by atoms with E-state index in [4.69, 9.17) is 5.73 Å². The summed E-state index contributed by atoms with van der Waals surface area (Å²) in [5, 5.41) is 6.92. The zero-order valence-electron chi connectivity index (χ0n) is 17.8. The third kappa shape index (κ3) is 3.87. The van der Waals surface area contributed by atoms with Crippen molar-refractivity contribution in [2.24, 2.45) is 5.73 Å². The summed E-state index contributed by atoms with van der Waals surface area (Å²) in [6, 6.07) is 9.65. The Morgan fingerprint density at radius 1 is 1.19 bits per heavy atom. The Hall–Kier alpha value is -3.59. The van der Waals surface area contributed by atoms with Gasteiger partial charge in [0.2, 0.25) is 5.91 Å². The number of fused-ring (bicyclic) bond motifs is 1. The molecule has 0 fully saturated rings. The van der Waals surface area contributed by atoms with E-state index in [2.05, 4.69) is 16.5 Å². The lowest BCUT2D eigenvalue weighted by Crippen LogP contribution is -2.26. The van der Waals surface area contributed by atoms with Crippen LogP contribution in [0.1, 0.15) is 23.1 Å². The van der Waals surface area contributed by atoms with Crippen LogP contribution in [0.15, 0.2) is 53.1 Å². The van der Waals surface area contributed by atoms with E-state index in [1.54, 1.807) is 6.07 Å². The average Bonchev–Trinajstić information content (AvgIpc) is 3.12. The zero-order chi connectivity index (χ0) is 23.0. The molecule has 0 radical (unpaired) electrons. The standard InChI is InChI=1S/C23H23F2N5O2/c1-13-8-16(9-15-6-7-20(31)28-21(13)15)18-4-3-5-19(14(18)2)29-12-27-30(23(29)32)11-17(10-26)22(24)25/h3-5,8-9,12H,6-7,10-11,26H2,1-2H3,(H,28,31). The molecule has 0 saturated heterocycles. The van der Waals surface area contributed by atoms with Gasteiger partial charge in [-0.15, -0.1) is 0 Å². The molecule has 4 rings (SSSR count). The van der Waals surface area contributed by atoms with Crippen molar-refractivity contribution < 1.29 is 13.6 Å². The SMILES string of the molecule is Cc1cc(-c2cccc(-n3cnn(CC(CN)=C(F)F)c3=O)c2C)cc2c1NC(=O)CC2. The van der Waals surface area contributed by atoms with E-state index in [0.29, 0.717) is 18.5 Å². The van der Waals surface area contributed by atoms with Gasteiger partial charge in [-0.05, 0) is 66.3 Å². The lowest BCUT2D eigenvalue weighted by molar-refractivity contribution is -0.116. The van der Waals surface area contributed by atoms with E-state index in [0.717, 1.165) is 38.2 Å². The molecule has 9 heteroatoms. The molecule has 166 valence electrons. The van der Waals surface area contributed by atoms with Gasteiger partial charge in [-0.2, -0.15) is 13.9 Å². The minimum atomic E-state index is -1.90. The monoisotopic (exact) mass is 439 g/mol. The van der Waals surface area contributed by atoms with Crippen LogP contribution in [0, 0.1) is 13.8 Å². The van der Waals surface area contributed by atoms with Gasteiger partial charge in [-0.25, -0.2) is 14.0 Å². The summed E-state index contributed by atoms with van der Waals surface area (Å²) in [6.45, 7) is 3.14. The average molecular weight is 439 g/mol. The number of benzene rings is 2.